The zero-order valence-electron chi connectivity index (χ0n) is 8.90. The second kappa shape index (κ2) is 4.35. The van der Waals surface area contributed by atoms with E-state index in [1.165, 1.54) is 17.0 Å². The molecule has 88 valence electrons. The number of nitrogens with zero attached hydrogens (tertiary/aromatic N) is 1. The predicted molar refractivity (Wildman–Crippen MR) is 69.6 cm³/mol. The number of phenols is 1. The third kappa shape index (κ3) is 2.25. The summed E-state index contributed by atoms with van der Waals surface area (Å²) in [5.74, 6) is -0.189. The van der Waals surface area contributed by atoms with Gasteiger partial charge in [0.15, 0.2) is 5.11 Å². The fourth-order valence-corrected chi connectivity index (χ4v) is 1.79. The summed E-state index contributed by atoms with van der Waals surface area (Å²) in [5.41, 5.74) is 0.779. The monoisotopic (exact) mass is 268 g/mol. The van der Waals surface area contributed by atoms with E-state index < -0.39 is 0 Å². The lowest BCUT2D eigenvalue weighted by molar-refractivity contribution is -0.121. The summed E-state index contributed by atoms with van der Waals surface area (Å²) in [5, 5.41) is 13.2. The molecule has 17 heavy (non-hydrogen) atoms. The van der Waals surface area contributed by atoms with E-state index in [0.29, 0.717) is 21.4 Å². The normalized spacial score (nSPS) is 17.8. The van der Waals surface area contributed by atoms with Crippen LogP contribution in [0.4, 0.5) is 0 Å². The zero-order chi connectivity index (χ0) is 12.6. The van der Waals surface area contributed by atoms with E-state index in [0.717, 1.165) is 0 Å². The van der Waals surface area contributed by atoms with Gasteiger partial charge in [-0.15, -0.1) is 0 Å². The molecule has 4 nitrogen and oxygen atoms in total. The Kier molecular flexibility index (Phi) is 3.04. The molecular weight excluding hydrogens is 260 g/mol. The highest BCUT2D eigenvalue weighted by Gasteiger charge is 2.27. The molecule has 0 bridgehead atoms. The molecule has 0 atom stereocenters. The van der Waals surface area contributed by atoms with Gasteiger partial charge in [0, 0.05) is 17.6 Å². The SMILES string of the molecule is CN1C(=O)C(=Cc2cc(Cl)ccc2O)NC1=S. The lowest BCUT2D eigenvalue weighted by atomic mass is 10.1. The van der Waals surface area contributed by atoms with Gasteiger partial charge in [-0.1, -0.05) is 11.6 Å². The van der Waals surface area contributed by atoms with E-state index in [4.69, 9.17) is 23.8 Å². The number of aromatic hydroxyl groups is 1. The van der Waals surface area contributed by atoms with Crippen LogP contribution in [0.1, 0.15) is 5.56 Å². The fraction of sp³-hybridized carbons (Fsp3) is 0.0909. The van der Waals surface area contributed by atoms with E-state index >= 15 is 0 Å². The minimum Gasteiger partial charge on any atom is -0.507 e. The van der Waals surface area contributed by atoms with Crippen LogP contribution in [-0.2, 0) is 4.79 Å². The number of likely N-dealkylation sites (N-methyl/N-ethyl adjacent to an activating group) is 1. The van der Waals surface area contributed by atoms with Crippen molar-refractivity contribution in [2.24, 2.45) is 0 Å². The van der Waals surface area contributed by atoms with Crippen LogP contribution < -0.4 is 5.32 Å². The quantitative estimate of drug-likeness (QED) is 0.602. The molecule has 1 aromatic carbocycles. The first-order valence-electron chi connectivity index (χ1n) is 4.78. The van der Waals surface area contributed by atoms with Crippen molar-refractivity contribution in [2.45, 2.75) is 0 Å². The first kappa shape index (κ1) is 11.9. The third-order valence-electron chi connectivity index (χ3n) is 2.37. The van der Waals surface area contributed by atoms with Gasteiger partial charge in [0.1, 0.15) is 11.4 Å². The molecule has 1 amide bonds. The van der Waals surface area contributed by atoms with Gasteiger partial charge in [-0.25, -0.2) is 0 Å². The molecule has 0 saturated carbocycles. The van der Waals surface area contributed by atoms with Gasteiger partial charge in [0.2, 0.25) is 0 Å². The molecule has 6 heteroatoms. The van der Waals surface area contributed by atoms with Gasteiger partial charge < -0.3 is 10.4 Å². The highest BCUT2D eigenvalue weighted by Crippen LogP contribution is 2.24. The number of thiocarbonyl (C=S) groups is 1. The number of amides is 1. The van der Waals surface area contributed by atoms with Crippen molar-refractivity contribution >= 4 is 40.9 Å². The Labute approximate surface area is 108 Å². The first-order chi connectivity index (χ1) is 7.99. The van der Waals surface area contributed by atoms with Crippen LogP contribution >= 0.6 is 23.8 Å². The van der Waals surface area contributed by atoms with Crippen molar-refractivity contribution in [1.29, 1.82) is 0 Å². The number of hydrogen-bond donors (Lipinski definition) is 2. The number of halogens is 1. The van der Waals surface area contributed by atoms with Crippen LogP contribution in [0.5, 0.6) is 5.75 Å². The summed E-state index contributed by atoms with van der Waals surface area (Å²) in [6, 6.07) is 4.61. The summed E-state index contributed by atoms with van der Waals surface area (Å²) in [6.45, 7) is 0. The lowest BCUT2D eigenvalue weighted by Crippen LogP contribution is -2.25. The molecule has 2 rings (SSSR count). The number of carbonyl (C=O) groups excluding carboxylic acids is 1. The highest BCUT2D eigenvalue weighted by molar-refractivity contribution is 7.80. The topological polar surface area (TPSA) is 52.6 Å². The van der Waals surface area contributed by atoms with Crippen LogP contribution in [0.3, 0.4) is 0 Å². The number of benzene rings is 1. The van der Waals surface area contributed by atoms with Gasteiger partial charge in [0.25, 0.3) is 5.91 Å². The molecule has 0 radical (unpaired) electrons. The molecule has 1 aliphatic heterocycles. The number of carbonyl (C=O) groups is 1. The molecule has 0 aromatic heterocycles. The molecule has 1 aromatic rings. The van der Waals surface area contributed by atoms with Gasteiger partial charge in [0.05, 0.1) is 0 Å². The van der Waals surface area contributed by atoms with Crippen LogP contribution in [0, 0.1) is 0 Å². The Morgan fingerprint density at radius 2 is 2.24 bits per heavy atom. The van der Waals surface area contributed by atoms with Crippen molar-refractivity contribution < 1.29 is 9.90 Å². The Balaban J connectivity index is 2.40. The van der Waals surface area contributed by atoms with E-state index in [1.807, 2.05) is 0 Å². The molecule has 0 aliphatic carbocycles. The van der Waals surface area contributed by atoms with Crippen molar-refractivity contribution in [3.8, 4) is 5.75 Å². The molecule has 0 unspecified atom stereocenters. The molecule has 1 aliphatic rings. The van der Waals surface area contributed by atoms with Gasteiger partial charge in [-0.2, -0.15) is 0 Å². The lowest BCUT2D eigenvalue weighted by Gasteiger charge is -2.03. The second-order valence-electron chi connectivity index (χ2n) is 3.56. The fourth-order valence-electron chi connectivity index (χ4n) is 1.42. The predicted octanol–water partition coefficient (Wildman–Crippen LogP) is 1.73. The van der Waals surface area contributed by atoms with Crippen molar-refractivity contribution in [3.05, 3.63) is 34.5 Å². The molecule has 0 spiro atoms. The zero-order valence-corrected chi connectivity index (χ0v) is 10.5. The highest BCUT2D eigenvalue weighted by atomic mass is 35.5. The maximum atomic E-state index is 11.7. The smallest absolute Gasteiger partial charge is 0.276 e. The second-order valence-corrected chi connectivity index (χ2v) is 4.38. The van der Waals surface area contributed by atoms with E-state index in [-0.39, 0.29) is 11.7 Å². The number of rotatable bonds is 1. The third-order valence-corrected chi connectivity index (χ3v) is 2.98. The average molecular weight is 269 g/mol. The summed E-state index contributed by atoms with van der Waals surface area (Å²) in [6.07, 6.45) is 1.51. The molecule has 1 heterocycles. The van der Waals surface area contributed by atoms with Crippen LogP contribution in [0.15, 0.2) is 23.9 Å². The minimum absolute atomic E-state index is 0.0528. The van der Waals surface area contributed by atoms with E-state index in [9.17, 15) is 9.90 Å². The summed E-state index contributed by atoms with van der Waals surface area (Å²) >= 11 is 10.7. The first-order valence-corrected chi connectivity index (χ1v) is 5.57. The summed E-state index contributed by atoms with van der Waals surface area (Å²) in [4.78, 5) is 13.0. The summed E-state index contributed by atoms with van der Waals surface area (Å²) < 4.78 is 0. The standard InChI is InChI=1S/C11H9ClN2O2S/c1-14-10(16)8(13-11(14)17)5-6-4-7(12)2-3-9(6)15/h2-5,15H,1H3,(H,13,17). The average Bonchev–Trinajstić information content (AvgIpc) is 2.52. The number of phenolic OH excluding ortho intramolecular Hbond substituents is 1. The number of hydrogen-bond acceptors (Lipinski definition) is 3. The Morgan fingerprint density at radius 1 is 1.53 bits per heavy atom. The van der Waals surface area contributed by atoms with Crippen molar-refractivity contribution in [2.75, 3.05) is 7.05 Å². The Hall–Kier alpha value is -1.59. The Bertz CT molecular complexity index is 542. The molecule has 2 N–H and O–H groups in total. The van der Waals surface area contributed by atoms with Crippen LogP contribution in [-0.4, -0.2) is 28.1 Å². The van der Waals surface area contributed by atoms with Crippen molar-refractivity contribution in [1.82, 2.24) is 10.2 Å². The minimum atomic E-state index is -0.241. The van der Waals surface area contributed by atoms with Crippen LogP contribution in [0.25, 0.3) is 6.08 Å². The van der Waals surface area contributed by atoms with Crippen LogP contribution in [0.2, 0.25) is 5.02 Å². The number of nitrogens with one attached hydrogen (secondary N) is 1. The molecule has 1 fully saturated rings. The maximum absolute atomic E-state index is 11.7. The molecular formula is C11H9ClN2O2S. The Morgan fingerprint density at radius 3 is 2.82 bits per heavy atom. The van der Waals surface area contributed by atoms with E-state index in [1.54, 1.807) is 19.2 Å². The van der Waals surface area contributed by atoms with Gasteiger partial charge >= 0.3 is 0 Å². The van der Waals surface area contributed by atoms with Gasteiger partial charge in [-0.3, -0.25) is 9.69 Å². The largest absolute Gasteiger partial charge is 0.507 e. The van der Waals surface area contributed by atoms with Gasteiger partial charge in [-0.05, 0) is 36.5 Å². The maximum Gasteiger partial charge on any atom is 0.276 e. The van der Waals surface area contributed by atoms with E-state index in [2.05, 4.69) is 5.32 Å². The summed E-state index contributed by atoms with van der Waals surface area (Å²) in [7, 11) is 1.58. The molecule has 1 saturated heterocycles. The van der Waals surface area contributed by atoms with Crippen molar-refractivity contribution in [3.63, 3.8) is 0 Å².